The number of nitrogens with two attached hydrogens (primary N) is 1. The molecule has 0 aromatic carbocycles. The van der Waals surface area contributed by atoms with Gasteiger partial charge in [0.05, 0.1) is 5.60 Å². The fraction of sp³-hybridized carbons (Fsp3) is 0.923. The monoisotopic (exact) mass is 288 g/mol. The minimum absolute atomic E-state index is 0.137. The zero-order valence-corrected chi connectivity index (χ0v) is 13.8. The average molecular weight is 288 g/mol. The van der Waals surface area contributed by atoms with Crippen molar-refractivity contribution in [3.63, 3.8) is 0 Å². The van der Waals surface area contributed by atoms with Crippen LogP contribution in [-0.4, -0.2) is 39.7 Å². The van der Waals surface area contributed by atoms with Crippen LogP contribution in [0.15, 0.2) is 0 Å². The van der Waals surface area contributed by atoms with Gasteiger partial charge in [0, 0.05) is 0 Å². The minimum Gasteiger partial charge on any atom is -0.447 e. The standard InChI is InChI=1S/C13H28N2O3Si/c1-12(2,3)19(4,5)18-13(10-17-11(14)16)6-8-15-9-7-13/h15H,6-10H2,1-5H3,(H2,14,16). The summed E-state index contributed by atoms with van der Waals surface area (Å²) in [7, 11) is -1.90. The molecule has 1 aliphatic rings. The molecule has 0 aliphatic carbocycles. The molecular weight excluding hydrogens is 260 g/mol. The van der Waals surface area contributed by atoms with Gasteiger partial charge in [-0.3, -0.25) is 0 Å². The highest BCUT2D eigenvalue weighted by molar-refractivity contribution is 6.74. The molecule has 0 unspecified atom stereocenters. The van der Waals surface area contributed by atoms with Crippen LogP contribution in [0.25, 0.3) is 0 Å². The number of hydrogen-bond donors (Lipinski definition) is 2. The molecule has 0 spiro atoms. The average Bonchev–Trinajstić information content (AvgIpc) is 2.25. The summed E-state index contributed by atoms with van der Waals surface area (Å²) in [4.78, 5) is 10.9. The second kappa shape index (κ2) is 5.81. The van der Waals surface area contributed by atoms with E-state index in [0.717, 1.165) is 25.9 Å². The molecule has 0 bridgehead atoms. The van der Waals surface area contributed by atoms with Crippen molar-refractivity contribution in [2.24, 2.45) is 5.73 Å². The lowest BCUT2D eigenvalue weighted by molar-refractivity contribution is -0.0300. The summed E-state index contributed by atoms with van der Waals surface area (Å²) in [6.07, 6.45) is 0.983. The van der Waals surface area contributed by atoms with Crippen LogP contribution in [0.5, 0.6) is 0 Å². The summed E-state index contributed by atoms with van der Waals surface area (Å²) in [5, 5.41) is 3.45. The fourth-order valence-electron chi connectivity index (χ4n) is 2.06. The molecular formula is C13H28N2O3Si. The Morgan fingerprint density at radius 1 is 1.32 bits per heavy atom. The van der Waals surface area contributed by atoms with Crippen molar-refractivity contribution in [1.29, 1.82) is 0 Å². The molecule has 1 amide bonds. The van der Waals surface area contributed by atoms with Crippen LogP contribution in [0.4, 0.5) is 4.79 Å². The van der Waals surface area contributed by atoms with Gasteiger partial charge in [-0.2, -0.15) is 0 Å². The van der Waals surface area contributed by atoms with Crippen LogP contribution in [0.2, 0.25) is 18.1 Å². The highest BCUT2D eigenvalue weighted by Crippen LogP contribution is 2.41. The summed E-state index contributed by atoms with van der Waals surface area (Å²) >= 11 is 0. The number of carbonyl (C=O) groups excluding carboxylic acids is 1. The first-order valence-electron chi connectivity index (χ1n) is 6.91. The molecule has 3 N–H and O–H groups in total. The van der Waals surface area contributed by atoms with Crippen LogP contribution < -0.4 is 11.1 Å². The maximum atomic E-state index is 10.9. The molecule has 5 nitrogen and oxygen atoms in total. The molecule has 0 saturated carbocycles. The Balaban J connectivity index is 2.82. The van der Waals surface area contributed by atoms with E-state index in [-0.39, 0.29) is 17.2 Å². The molecule has 0 aromatic heterocycles. The molecule has 1 rings (SSSR count). The molecule has 1 saturated heterocycles. The van der Waals surface area contributed by atoms with E-state index in [9.17, 15) is 4.79 Å². The van der Waals surface area contributed by atoms with Gasteiger partial charge in [0.15, 0.2) is 8.32 Å². The Hall–Kier alpha value is -0.593. The van der Waals surface area contributed by atoms with Gasteiger partial charge in [-0.25, -0.2) is 4.79 Å². The fourth-order valence-corrected chi connectivity index (χ4v) is 3.71. The van der Waals surface area contributed by atoms with E-state index < -0.39 is 14.4 Å². The normalized spacial score (nSPS) is 20.1. The van der Waals surface area contributed by atoms with Crippen molar-refractivity contribution in [2.45, 2.75) is 57.3 Å². The third-order valence-corrected chi connectivity index (χ3v) is 8.83. The van der Waals surface area contributed by atoms with E-state index in [0.29, 0.717) is 0 Å². The minimum atomic E-state index is -1.90. The first-order chi connectivity index (χ1) is 8.58. The SMILES string of the molecule is CC(C)(C)[Si](C)(C)OC1(COC(N)=O)CCNCC1. The predicted octanol–water partition coefficient (Wildman–Crippen LogP) is 2.23. The Morgan fingerprint density at radius 3 is 2.26 bits per heavy atom. The van der Waals surface area contributed by atoms with Crippen LogP contribution >= 0.6 is 0 Å². The molecule has 19 heavy (non-hydrogen) atoms. The van der Waals surface area contributed by atoms with Crippen molar-refractivity contribution in [2.75, 3.05) is 19.7 Å². The van der Waals surface area contributed by atoms with Crippen LogP contribution in [0.3, 0.4) is 0 Å². The number of nitrogens with one attached hydrogen (secondary N) is 1. The molecule has 6 heteroatoms. The van der Waals surface area contributed by atoms with Gasteiger partial charge in [-0.15, -0.1) is 0 Å². The van der Waals surface area contributed by atoms with E-state index in [1.165, 1.54) is 0 Å². The highest BCUT2D eigenvalue weighted by Gasteiger charge is 2.45. The van der Waals surface area contributed by atoms with Gasteiger partial charge in [0.25, 0.3) is 0 Å². The first kappa shape index (κ1) is 16.5. The number of rotatable bonds is 4. The molecule has 1 heterocycles. The van der Waals surface area contributed by atoms with E-state index >= 15 is 0 Å². The summed E-state index contributed by atoms with van der Waals surface area (Å²) in [6, 6.07) is 0. The van der Waals surface area contributed by atoms with Crippen LogP contribution in [0.1, 0.15) is 33.6 Å². The summed E-state index contributed by atoms with van der Waals surface area (Å²) in [5.74, 6) is 0. The molecule has 0 radical (unpaired) electrons. The number of primary amides is 1. The van der Waals surface area contributed by atoms with Crippen molar-refractivity contribution in [3.8, 4) is 0 Å². The second-order valence-electron chi connectivity index (χ2n) is 6.90. The van der Waals surface area contributed by atoms with E-state index in [4.69, 9.17) is 14.9 Å². The van der Waals surface area contributed by atoms with Crippen molar-refractivity contribution >= 4 is 14.4 Å². The zero-order valence-electron chi connectivity index (χ0n) is 12.8. The maximum Gasteiger partial charge on any atom is 0.404 e. The number of amides is 1. The van der Waals surface area contributed by atoms with Crippen LogP contribution in [-0.2, 0) is 9.16 Å². The van der Waals surface area contributed by atoms with E-state index in [1.807, 2.05) is 0 Å². The lowest BCUT2D eigenvalue weighted by Crippen LogP contribution is -2.56. The van der Waals surface area contributed by atoms with Crippen molar-refractivity contribution in [3.05, 3.63) is 0 Å². The summed E-state index contributed by atoms with van der Waals surface area (Å²) in [5.41, 5.74) is 4.73. The summed E-state index contributed by atoms with van der Waals surface area (Å²) < 4.78 is 11.6. The highest BCUT2D eigenvalue weighted by atomic mass is 28.4. The number of ether oxygens (including phenoxy) is 1. The Morgan fingerprint density at radius 2 is 1.84 bits per heavy atom. The van der Waals surface area contributed by atoms with E-state index in [1.54, 1.807) is 0 Å². The molecule has 0 atom stereocenters. The van der Waals surface area contributed by atoms with Gasteiger partial charge in [-0.1, -0.05) is 20.8 Å². The van der Waals surface area contributed by atoms with E-state index in [2.05, 4.69) is 39.2 Å². The van der Waals surface area contributed by atoms with Gasteiger partial charge in [0.2, 0.25) is 0 Å². The van der Waals surface area contributed by atoms with Gasteiger partial charge in [0.1, 0.15) is 6.61 Å². The number of carbonyl (C=O) groups is 1. The Kier molecular flexibility index (Phi) is 5.03. The van der Waals surface area contributed by atoms with Crippen LogP contribution in [0, 0.1) is 0 Å². The second-order valence-corrected chi connectivity index (χ2v) is 11.6. The number of hydrogen-bond acceptors (Lipinski definition) is 4. The Labute approximate surface area is 117 Å². The third-order valence-electron chi connectivity index (χ3n) is 4.27. The molecule has 1 aliphatic heterocycles. The largest absolute Gasteiger partial charge is 0.447 e. The lowest BCUT2D eigenvalue weighted by Gasteiger charge is -2.47. The van der Waals surface area contributed by atoms with Gasteiger partial charge in [-0.05, 0) is 44.1 Å². The predicted molar refractivity (Wildman–Crippen MR) is 78.7 cm³/mol. The molecule has 112 valence electrons. The smallest absolute Gasteiger partial charge is 0.404 e. The quantitative estimate of drug-likeness (QED) is 0.778. The maximum absolute atomic E-state index is 10.9. The first-order valence-corrected chi connectivity index (χ1v) is 9.82. The molecule has 0 aromatic rings. The van der Waals surface area contributed by atoms with Gasteiger partial charge >= 0.3 is 6.09 Å². The van der Waals surface area contributed by atoms with Crippen molar-refractivity contribution < 1.29 is 14.0 Å². The zero-order chi connectivity index (χ0) is 14.7. The number of piperidine rings is 1. The van der Waals surface area contributed by atoms with Crippen molar-refractivity contribution in [1.82, 2.24) is 5.32 Å². The lowest BCUT2D eigenvalue weighted by atomic mass is 9.94. The topological polar surface area (TPSA) is 73.6 Å². The Bertz CT molecular complexity index is 320. The third kappa shape index (κ3) is 4.47. The van der Waals surface area contributed by atoms with Gasteiger partial charge < -0.3 is 20.2 Å². The molecule has 1 fully saturated rings. The summed E-state index contributed by atoms with van der Waals surface area (Å²) in [6.45, 7) is 13.1.